The molecule has 1 aliphatic heterocycles. The van der Waals surface area contributed by atoms with Crippen molar-refractivity contribution in [3.63, 3.8) is 0 Å². The lowest BCUT2D eigenvalue weighted by Gasteiger charge is -2.21. The number of hydrogen-bond acceptors (Lipinski definition) is 2. The molecule has 1 aliphatic rings. The summed E-state index contributed by atoms with van der Waals surface area (Å²) in [5, 5.41) is 0. The quantitative estimate of drug-likeness (QED) is 0.601. The number of likely N-dealkylation sites (tertiary alicyclic amines) is 1. The zero-order valence-electron chi connectivity index (χ0n) is 7.17. The summed E-state index contributed by atoms with van der Waals surface area (Å²) >= 11 is 0. The van der Waals surface area contributed by atoms with Crippen LogP contribution in [-0.4, -0.2) is 37.1 Å². The predicted molar refractivity (Wildman–Crippen MR) is 42.3 cm³/mol. The highest BCUT2D eigenvalue weighted by atomic mass is 16.5. The standard InChI is InChI=1S/C8H15NO2/c1-3-9-7(6-11-2)4-5-8(9)10/h7H,3-6H2,1-2H3. The molecule has 3 heteroatoms. The maximum absolute atomic E-state index is 11.2. The summed E-state index contributed by atoms with van der Waals surface area (Å²) in [6.07, 6.45) is 1.66. The van der Waals surface area contributed by atoms with Crippen LogP contribution in [0.15, 0.2) is 0 Å². The highest BCUT2D eigenvalue weighted by Gasteiger charge is 2.28. The average Bonchev–Trinajstić information content (AvgIpc) is 2.33. The number of likely N-dealkylation sites (N-methyl/N-ethyl adjacent to an activating group) is 1. The molecule has 0 spiro atoms. The van der Waals surface area contributed by atoms with Gasteiger partial charge in [0.15, 0.2) is 0 Å². The van der Waals surface area contributed by atoms with E-state index in [2.05, 4.69) is 0 Å². The van der Waals surface area contributed by atoms with E-state index in [1.807, 2.05) is 11.8 Å². The van der Waals surface area contributed by atoms with Gasteiger partial charge in [0.1, 0.15) is 0 Å². The van der Waals surface area contributed by atoms with Gasteiger partial charge in [-0.25, -0.2) is 0 Å². The van der Waals surface area contributed by atoms with Gasteiger partial charge in [0, 0.05) is 20.1 Å². The molecule has 0 saturated carbocycles. The van der Waals surface area contributed by atoms with Gasteiger partial charge in [-0.05, 0) is 13.3 Å². The molecule has 1 heterocycles. The fourth-order valence-electron chi connectivity index (χ4n) is 1.59. The van der Waals surface area contributed by atoms with Crippen LogP contribution in [0, 0.1) is 0 Å². The Morgan fingerprint density at radius 1 is 1.73 bits per heavy atom. The first-order valence-corrected chi connectivity index (χ1v) is 4.08. The zero-order chi connectivity index (χ0) is 8.27. The first-order chi connectivity index (χ1) is 5.29. The van der Waals surface area contributed by atoms with Gasteiger partial charge in [0.25, 0.3) is 0 Å². The van der Waals surface area contributed by atoms with Crippen molar-refractivity contribution in [2.75, 3.05) is 20.3 Å². The number of carbonyl (C=O) groups excluding carboxylic acids is 1. The van der Waals surface area contributed by atoms with Crippen molar-refractivity contribution in [2.24, 2.45) is 0 Å². The largest absolute Gasteiger partial charge is 0.383 e. The van der Waals surface area contributed by atoms with Crippen molar-refractivity contribution in [3.05, 3.63) is 0 Å². The normalized spacial score (nSPS) is 24.7. The van der Waals surface area contributed by atoms with Crippen molar-refractivity contribution in [1.29, 1.82) is 0 Å². The lowest BCUT2D eigenvalue weighted by atomic mass is 10.2. The molecule has 1 fully saturated rings. The summed E-state index contributed by atoms with van der Waals surface area (Å²) in [6, 6.07) is 0.331. The molecule has 0 aromatic carbocycles. The van der Waals surface area contributed by atoms with E-state index in [4.69, 9.17) is 4.74 Å². The molecule has 1 rings (SSSR count). The molecule has 1 saturated heterocycles. The van der Waals surface area contributed by atoms with E-state index in [0.717, 1.165) is 13.0 Å². The van der Waals surface area contributed by atoms with E-state index in [9.17, 15) is 4.79 Å². The Labute approximate surface area is 67.3 Å². The summed E-state index contributed by atoms with van der Waals surface area (Å²) in [4.78, 5) is 13.1. The number of nitrogens with zero attached hydrogens (tertiary/aromatic N) is 1. The minimum Gasteiger partial charge on any atom is -0.383 e. The van der Waals surface area contributed by atoms with Crippen molar-refractivity contribution >= 4 is 5.91 Å². The van der Waals surface area contributed by atoms with E-state index in [1.54, 1.807) is 7.11 Å². The van der Waals surface area contributed by atoms with Gasteiger partial charge < -0.3 is 9.64 Å². The fourth-order valence-corrected chi connectivity index (χ4v) is 1.59. The third-order valence-electron chi connectivity index (χ3n) is 2.15. The van der Waals surface area contributed by atoms with Crippen LogP contribution in [0.5, 0.6) is 0 Å². The second-order valence-corrected chi connectivity index (χ2v) is 2.83. The smallest absolute Gasteiger partial charge is 0.222 e. The first kappa shape index (κ1) is 8.53. The van der Waals surface area contributed by atoms with E-state index in [0.29, 0.717) is 19.1 Å². The molecular formula is C8H15NO2. The maximum atomic E-state index is 11.2. The molecule has 0 aromatic heterocycles. The Balaban J connectivity index is 2.47. The minimum absolute atomic E-state index is 0.273. The number of amides is 1. The highest BCUT2D eigenvalue weighted by Crippen LogP contribution is 2.17. The Morgan fingerprint density at radius 3 is 3.00 bits per heavy atom. The molecule has 11 heavy (non-hydrogen) atoms. The van der Waals surface area contributed by atoms with Crippen LogP contribution < -0.4 is 0 Å². The maximum Gasteiger partial charge on any atom is 0.222 e. The van der Waals surface area contributed by atoms with E-state index in [-0.39, 0.29) is 5.91 Å². The molecule has 3 nitrogen and oxygen atoms in total. The van der Waals surface area contributed by atoms with Crippen LogP contribution >= 0.6 is 0 Å². The summed E-state index contributed by atoms with van der Waals surface area (Å²) < 4.78 is 5.01. The van der Waals surface area contributed by atoms with Gasteiger partial charge in [-0.15, -0.1) is 0 Å². The predicted octanol–water partition coefficient (Wildman–Crippen LogP) is 0.644. The highest BCUT2D eigenvalue weighted by molar-refractivity contribution is 5.78. The van der Waals surface area contributed by atoms with Crippen LogP contribution in [0.2, 0.25) is 0 Å². The van der Waals surface area contributed by atoms with E-state index >= 15 is 0 Å². The van der Waals surface area contributed by atoms with E-state index < -0.39 is 0 Å². The third-order valence-corrected chi connectivity index (χ3v) is 2.15. The van der Waals surface area contributed by atoms with Crippen molar-refractivity contribution < 1.29 is 9.53 Å². The van der Waals surface area contributed by atoms with Gasteiger partial charge in [0.2, 0.25) is 5.91 Å². The SMILES string of the molecule is CCN1C(=O)CCC1COC. The molecule has 1 amide bonds. The molecule has 0 aromatic rings. The lowest BCUT2D eigenvalue weighted by Crippen LogP contribution is -2.35. The molecule has 0 bridgehead atoms. The van der Waals surface area contributed by atoms with Gasteiger partial charge in [0.05, 0.1) is 12.6 Å². The van der Waals surface area contributed by atoms with Gasteiger partial charge in [-0.2, -0.15) is 0 Å². The molecule has 0 aliphatic carbocycles. The third kappa shape index (κ3) is 1.71. The van der Waals surface area contributed by atoms with Crippen LogP contribution in [0.25, 0.3) is 0 Å². The average molecular weight is 157 g/mol. The van der Waals surface area contributed by atoms with Crippen LogP contribution in [-0.2, 0) is 9.53 Å². The Hall–Kier alpha value is -0.570. The van der Waals surface area contributed by atoms with Crippen molar-refractivity contribution in [2.45, 2.75) is 25.8 Å². The number of carbonyl (C=O) groups is 1. The summed E-state index contributed by atoms with van der Waals surface area (Å²) in [7, 11) is 1.68. The van der Waals surface area contributed by atoms with Crippen LogP contribution in [0.4, 0.5) is 0 Å². The Kier molecular flexibility index (Phi) is 2.88. The second-order valence-electron chi connectivity index (χ2n) is 2.83. The van der Waals surface area contributed by atoms with Crippen LogP contribution in [0.1, 0.15) is 19.8 Å². The second kappa shape index (κ2) is 3.72. The molecule has 1 unspecified atom stereocenters. The molecule has 0 radical (unpaired) electrons. The lowest BCUT2D eigenvalue weighted by molar-refractivity contribution is -0.129. The molecular weight excluding hydrogens is 142 g/mol. The van der Waals surface area contributed by atoms with Crippen LogP contribution in [0.3, 0.4) is 0 Å². The fraction of sp³-hybridized carbons (Fsp3) is 0.875. The molecule has 64 valence electrons. The number of rotatable bonds is 3. The summed E-state index contributed by atoms with van der Waals surface area (Å²) in [5.74, 6) is 0.273. The first-order valence-electron chi connectivity index (χ1n) is 4.08. The Bertz CT molecular complexity index is 147. The van der Waals surface area contributed by atoms with E-state index in [1.165, 1.54) is 0 Å². The summed E-state index contributed by atoms with van der Waals surface area (Å²) in [5.41, 5.74) is 0. The van der Waals surface area contributed by atoms with Crippen molar-refractivity contribution in [3.8, 4) is 0 Å². The van der Waals surface area contributed by atoms with Crippen molar-refractivity contribution in [1.82, 2.24) is 4.90 Å². The zero-order valence-corrected chi connectivity index (χ0v) is 7.17. The number of hydrogen-bond donors (Lipinski definition) is 0. The molecule has 1 atom stereocenters. The Morgan fingerprint density at radius 2 is 2.45 bits per heavy atom. The van der Waals surface area contributed by atoms with Gasteiger partial charge in [-0.3, -0.25) is 4.79 Å². The number of ether oxygens (including phenoxy) is 1. The number of methoxy groups -OCH3 is 1. The van der Waals surface area contributed by atoms with Gasteiger partial charge in [-0.1, -0.05) is 0 Å². The topological polar surface area (TPSA) is 29.5 Å². The summed E-state index contributed by atoms with van der Waals surface area (Å²) in [6.45, 7) is 3.50. The van der Waals surface area contributed by atoms with Gasteiger partial charge >= 0.3 is 0 Å². The monoisotopic (exact) mass is 157 g/mol. The minimum atomic E-state index is 0.273. The molecule has 0 N–H and O–H groups in total.